The van der Waals surface area contributed by atoms with Crippen molar-refractivity contribution in [3.63, 3.8) is 0 Å². The minimum atomic E-state index is -4.66. The number of benzene rings is 1. The number of fused-ring (bicyclic) bond motifs is 1. The minimum absolute atomic E-state index is 0.0329. The molecule has 3 heterocycles. The normalized spacial score (nSPS) is 14.1. The highest BCUT2D eigenvalue weighted by Gasteiger charge is 2.38. The highest BCUT2D eigenvalue weighted by Crippen LogP contribution is 2.41. The number of nitrogens with one attached hydrogen (secondary N) is 1. The van der Waals surface area contributed by atoms with Crippen LogP contribution in [0.4, 0.5) is 19.0 Å². The van der Waals surface area contributed by atoms with E-state index in [2.05, 4.69) is 20.5 Å². The Bertz CT molecular complexity index is 1430. The number of anilines is 1. The van der Waals surface area contributed by atoms with Crippen LogP contribution in [-0.2, 0) is 12.7 Å². The molecule has 1 fully saturated rings. The highest BCUT2D eigenvalue weighted by atomic mass is 35.5. The first-order valence-electron chi connectivity index (χ1n) is 10.0. The average molecular weight is 530 g/mol. The summed E-state index contributed by atoms with van der Waals surface area (Å²) < 4.78 is 42.9. The van der Waals surface area contributed by atoms with Crippen molar-refractivity contribution in [1.29, 1.82) is 0 Å². The Morgan fingerprint density at radius 1 is 1.15 bits per heavy atom. The first-order valence-corrected chi connectivity index (χ1v) is 11.2. The molecule has 0 spiro atoms. The van der Waals surface area contributed by atoms with Crippen molar-refractivity contribution < 1.29 is 18.0 Å². The molecule has 4 aromatic rings. The molecule has 0 saturated heterocycles. The number of halogens is 6. The van der Waals surface area contributed by atoms with Crippen LogP contribution in [0.2, 0.25) is 15.1 Å². The Labute approximate surface area is 205 Å². The molecule has 0 aliphatic heterocycles. The van der Waals surface area contributed by atoms with Crippen molar-refractivity contribution in [2.24, 2.45) is 0 Å². The second-order valence-electron chi connectivity index (χ2n) is 7.85. The van der Waals surface area contributed by atoms with Gasteiger partial charge in [-0.1, -0.05) is 40.9 Å². The molecule has 34 heavy (non-hydrogen) atoms. The topological polar surface area (TPSA) is 77.1 Å². The molecule has 1 aliphatic rings. The lowest BCUT2D eigenvalue weighted by atomic mass is 10.2. The van der Waals surface area contributed by atoms with Gasteiger partial charge in [-0.3, -0.25) is 9.48 Å². The van der Waals surface area contributed by atoms with E-state index in [0.717, 1.165) is 30.7 Å². The van der Waals surface area contributed by atoms with Gasteiger partial charge in [-0.15, -0.1) is 0 Å². The zero-order valence-corrected chi connectivity index (χ0v) is 19.3. The smallest absolute Gasteiger partial charge is 0.304 e. The SMILES string of the molecule is O=C(Nc1nn(Cc2ccc(Cl)cc2Cl)cc1Cl)c1cnn2c(C(F)(F)F)cc(C3CC3)nc12. The Hall–Kier alpha value is -2.82. The Morgan fingerprint density at radius 3 is 2.59 bits per heavy atom. The van der Waals surface area contributed by atoms with Gasteiger partial charge in [-0.05, 0) is 36.6 Å². The predicted octanol–water partition coefficient (Wildman–Crippen LogP) is 6.08. The summed E-state index contributed by atoms with van der Waals surface area (Å²) in [6, 6.07) is 5.99. The number of nitrogens with zero attached hydrogens (tertiary/aromatic N) is 5. The summed E-state index contributed by atoms with van der Waals surface area (Å²) >= 11 is 18.3. The van der Waals surface area contributed by atoms with E-state index in [9.17, 15) is 18.0 Å². The van der Waals surface area contributed by atoms with Gasteiger partial charge in [0, 0.05) is 27.9 Å². The maximum Gasteiger partial charge on any atom is 0.433 e. The summed E-state index contributed by atoms with van der Waals surface area (Å²) in [6.07, 6.45) is -0.622. The van der Waals surface area contributed by atoms with Crippen molar-refractivity contribution in [2.75, 3.05) is 5.32 Å². The monoisotopic (exact) mass is 528 g/mol. The Balaban J connectivity index is 1.44. The number of aromatic nitrogens is 5. The van der Waals surface area contributed by atoms with Crippen LogP contribution < -0.4 is 5.32 Å². The number of alkyl halides is 3. The predicted molar refractivity (Wildman–Crippen MR) is 121 cm³/mol. The lowest BCUT2D eigenvalue weighted by Gasteiger charge is -2.11. The van der Waals surface area contributed by atoms with E-state index in [1.165, 1.54) is 10.9 Å². The van der Waals surface area contributed by atoms with E-state index < -0.39 is 17.8 Å². The fourth-order valence-electron chi connectivity index (χ4n) is 3.49. The molecule has 5 rings (SSSR count). The second kappa shape index (κ2) is 8.44. The van der Waals surface area contributed by atoms with E-state index in [1.54, 1.807) is 18.2 Å². The van der Waals surface area contributed by atoms with Gasteiger partial charge in [0.1, 0.15) is 16.3 Å². The quantitative estimate of drug-likeness (QED) is 0.340. The summed E-state index contributed by atoms with van der Waals surface area (Å²) in [7, 11) is 0. The van der Waals surface area contributed by atoms with Crippen LogP contribution in [0.25, 0.3) is 5.65 Å². The molecule has 1 aromatic carbocycles. The molecular formula is C21H14Cl3F3N6O. The van der Waals surface area contributed by atoms with E-state index in [-0.39, 0.29) is 40.2 Å². The fraction of sp³-hybridized carbons (Fsp3) is 0.238. The third-order valence-corrected chi connectivity index (χ3v) is 6.18. The standard InChI is InChI=1S/C21H14Cl3F3N6O/c22-12-4-3-11(14(23)5-12)8-32-9-15(24)18(31-32)30-20(34)13-7-28-33-17(21(25,26)27)6-16(10-1-2-10)29-19(13)33/h3-7,9-10H,1-2,8H2,(H,30,31,34). The first kappa shape index (κ1) is 22.9. The van der Waals surface area contributed by atoms with Gasteiger partial charge in [-0.25, -0.2) is 9.50 Å². The van der Waals surface area contributed by atoms with E-state index in [1.807, 2.05) is 0 Å². The summed E-state index contributed by atoms with van der Waals surface area (Å²) in [5.41, 5.74) is -0.281. The molecule has 13 heteroatoms. The van der Waals surface area contributed by atoms with Crippen LogP contribution in [0.15, 0.2) is 36.7 Å². The second-order valence-corrected chi connectivity index (χ2v) is 9.10. The van der Waals surface area contributed by atoms with Crippen LogP contribution >= 0.6 is 34.8 Å². The van der Waals surface area contributed by atoms with Gasteiger partial charge in [0.15, 0.2) is 11.5 Å². The number of carbonyl (C=O) groups excluding carboxylic acids is 1. The largest absolute Gasteiger partial charge is 0.433 e. The Morgan fingerprint density at radius 2 is 1.91 bits per heavy atom. The van der Waals surface area contributed by atoms with Gasteiger partial charge in [-0.2, -0.15) is 23.4 Å². The molecule has 0 atom stereocenters. The maximum absolute atomic E-state index is 13.6. The van der Waals surface area contributed by atoms with Crippen molar-refractivity contribution in [3.8, 4) is 0 Å². The van der Waals surface area contributed by atoms with Crippen LogP contribution in [0.1, 0.15) is 46.1 Å². The van der Waals surface area contributed by atoms with Crippen molar-refractivity contribution in [2.45, 2.75) is 31.5 Å². The van der Waals surface area contributed by atoms with Crippen LogP contribution in [0.3, 0.4) is 0 Å². The summed E-state index contributed by atoms with van der Waals surface area (Å²) in [6.45, 7) is 0.254. The summed E-state index contributed by atoms with van der Waals surface area (Å²) in [4.78, 5) is 17.2. The van der Waals surface area contributed by atoms with E-state index in [4.69, 9.17) is 34.8 Å². The number of carbonyl (C=O) groups is 1. The maximum atomic E-state index is 13.6. The molecule has 3 aromatic heterocycles. The molecule has 0 radical (unpaired) electrons. The molecule has 1 saturated carbocycles. The van der Waals surface area contributed by atoms with Gasteiger partial charge < -0.3 is 5.32 Å². The van der Waals surface area contributed by atoms with Gasteiger partial charge >= 0.3 is 6.18 Å². The van der Waals surface area contributed by atoms with Gasteiger partial charge in [0.05, 0.1) is 12.7 Å². The lowest BCUT2D eigenvalue weighted by Crippen LogP contribution is -2.16. The zero-order valence-electron chi connectivity index (χ0n) is 17.1. The molecule has 0 unspecified atom stereocenters. The third kappa shape index (κ3) is 4.45. The summed E-state index contributed by atoms with van der Waals surface area (Å²) in [5, 5.41) is 11.6. The van der Waals surface area contributed by atoms with Crippen molar-refractivity contribution in [1.82, 2.24) is 24.4 Å². The number of hydrogen-bond acceptors (Lipinski definition) is 4. The molecular weight excluding hydrogens is 516 g/mol. The molecule has 1 aliphatic carbocycles. The molecule has 7 nitrogen and oxygen atoms in total. The van der Waals surface area contributed by atoms with Gasteiger partial charge in [0.2, 0.25) is 0 Å². The molecule has 0 bridgehead atoms. The molecule has 176 valence electrons. The first-order chi connectivity index (χ1) is 16.1. The Kier molecular flexibility index (Phi) is 5.70. The van der Waals surface area contributed by atoms with E-state index in [0.29, 0.717) is 14.6 Å². The lowest BCUT2D eigenvalue weighted by molar-refractivity contribution is -0.142. The molecule has 1 N–H and O–H groups in total. The van der Waals surface area contributed by atoms with Crippen LogP contribution in [-0.4, -0.2) is 30.3 Å². The zero-order chi connectivity index (χ0) is 24.2. The van der Waals surface area contributed by atoms with Crippen molar-refractivity contribution in [3.05, 3.63) is 74.2 Å². The van der Waals surface area contributed by atoms with Crippen LogP contribution in [0.5, 0.6) is 0 Å². The molecule has 1 amide bonds. The van der Waals surface area contributed by atoms with Crippen molar-refractivity contribution >= 4 is 52.2 Å². The minimum Gasteiger partial charge on any atom is -0.304 e. The van der Waals surface area contributed by atoms with Crippen LogP contribution in [0, 0.1) is 0 Å². The number of rotatable bonds is 5. The highest BCUT2D eigenvalue weighted by molar-refractivity contribution is 6.35. The van der Waals surface area contributed by atoms with Gasteiger partial charge in [0.25, 0.3) is 5.91 Å². The summed E-state index contributed by atoms with van der Waals surface area (Å²) in [5.74, 6) is -0.757. The van der Waals surface area contributed by atoms with E-state index >= 15 is 0 Å². The fourth-order valence-corrected chi connectivity index (χ4v) is 4.16. The average Bonchev–Trinajstić information content (AvgIpc) is 3.43. The number of hydrogen-bond donors (Lipinski definition) is 1. The number of amides is 1. The third-order valence-electron chi connectivity index (χ3n) is 5.32.